The Bertz CT molecular complexity index is 833. The Morgan fingerprint density at radius 3 is 2.04 bits per heavy atom. The maximum absolute atomic E-state index is 12.5. The lowest BCUT2D eigenvalue weighted by atomic mass is 10.2. The molecule has 0 aliphatic heterocycles. The standard InChI is InChI=1S/C23H24N2O2/c1-2-25(17-19-9-5-3-6-10-19)23(26)24-21-13-15-22(16-14-21)27-18-20-11-7-4-8-12-20/h3-16H,2,17-18H2,1H3,(H,24,26). The van der Waals surface area contributed by atoms with Crippen LogP contribution >= 0.6 is 0 Å². The van der Waals surface area contributed by atoms with Crippen molar-refractivity contribution in [1.29, 1.82) is 0 Å². The lowest BCUT2D eigenvalue weighted by molar-refractivity contribution is 0.212. The van der Waals surface area contributed by atoms with Crippen LogP contribution in [0.3, 0.4) is 0 Å². The molecule has 0 aromatic heterocycles. The van der Waals surface area contributed by atoms with Gasteiger partial charge in [-0.3, -0.25) is 0 Å². The number of hydrogen-bond acceptors (Lipinski definition) is 2. The van der Waals surface area contributed by atoms with Gasteiger partial charge in [-0.05, 0) is 42.3 Å². The molecule has 138 valence electrons. The molecule has 0 fully saturated rings. The van der Waals surface area contributed by atoms with E-state index in [2.05, 4.69) is 5.32 Å². The zero-order valence-corrected chi connectivity index (χ0v) is 15.5. The molecule has 3 rings (SSSR count). The molecule has 0 radical (unpaired) electrons. The van der Waals surface area contributed by atoms with Gasteiger partial charge in [-0.1, -0.05) is 60.7 Å². The fraction of sp³-hybridized carbons (Fsp3) is 0.174. The normalized spacial score (nSPS) is 10.3. The SMILES string of the molecule is CCN(Cc1ccccc1)C(=O)Nc1ccc(OCc2ccccc2)cc1. The minimum absolute atomic E-state index is 0.112. The zero-order chi connectivity index (χ0) is 18.9. The molecule has 0 aliphatic carbocycles. The largest absolute Gasteiger partial charge is 0.489 e. The second kappa shape index (κ2) is 9.43. The smallest absolute Gasteiger partial charge is 0.322 e. The average Bonchev–Trinajstić information content (AvgIpc) is 2.73. The van der Waals surface area contributed by atoms with Gasteiger partial charge in [0.25, 0.3) is 0 Å². The van der Waals surface area contributed by atoms with E-state index in [0.717, 1.165) is 22.6 Å². The van der Waals surface area contributed by atoms with Crippen molar-refractivity contribution in [3.8, 4) is 5.75 Å². The first-order valence-corrected chi connectivity index (χ1v) is 9.11. The van der Waals surface area contributed by atoms with Gasteiger partial charge in [-0.2, -0.15) is 0 Å². The van der Waals surface area contributed by atoms with Crippen molar-refractivity contribution >= 4 is 11.7 Å². The van der Waals surface area contributed by atoms with Gasteiger partial charge < -0.3 is 15.0 Å². The highest BCUT2D eigenvalue weighted by molar-refractivity contribution is 5.89. The van der Waals surface area contributed by atoms with E-state index < -0.39 is 0 Å². The van der Waals surface area contributed by atoms with Gasteiger partial charge in [0.2, 0.25) is 0 Å². The lowest BCUT2D eigenvalue weighted by Crippen LogP contribution is -2.34. The number of nitrogens with zero attached hydrogens (tertiary/aromatic N) is 1. The van der Waals surface area contributed by atoms with E-state index in [9.17, 15) is 4.79 Å². The van der Waals surface area contributed by atoms with Crippen LogP contribution in [-0.2, 0) is 13.2 Å². The van der Waals surface area contributed by atoms with E-state index in [1.165, 1.54) is 0 Å². The first kappa shape index (κ1) is 18.5. The Morgan fingerprint density at radius 2 is 1.44 bits per heavy atom. The van der Waals surface area contributed by atoms with Crippen molar-refractivity contribution in [2.24, 2.45) is 0 Å². The van der Waals surface area contributed by atoms with Gasteiger partial charge in [-0.15, -0.1) is 0 Å². The summed E-state index contributed by atoms with van der Waals surface area (Å²) >= 11 is 0. The van der Waals surface area contributed by atoms with Crippen LogP contribution in [0.15, 0.2) is 84.9 Å². The Morgan fingerprint density at radius 1 is 0.852 bits per heavy atom. The predicted octanol–water partition coefficient (Wildman–Crippen LogP) is 5.32. The summed E-state index contributed by atoms with van der Waals surface area (Å²) in [6.45, 7) is 3.72. The number of rotatable bonds is 7. The maximum atomic E-state index is 12.5. The molecule has 3 aromatic carbocycles. The summed E-state index contributed by atoms with van der Waals surface area (Å²) in [5.74, 6) is 0.772. The maximum Gasteiger partial charge on any atom is 0.322 e. The minimum atomic E-state index is -0.112. The monoisotopic (exact) mass is 360 g/mol. The Hall–Kier alpha value is -3.27. The van der Waals surface area contributed by atoms with E-state index in [0.29, 0.717) is 19.7 Å². The number of hydrogen-bond donors (Lipinski definition) is 1. The van der Waals surface area contributed by atoms with Crippen molar-refractivity contribution in [3.05, 3.63) is 96.1 Å². The van der Waals surface area contributed by atoms with Gasteiger partial charge in [0, 0.05) is 18.8 Å². The van der Waals surface area contributed by atoms with Crippen molar-refractivity contribution < 1.29 is 9.53 Å². The number of carbonyl (C=O) groups is 1. The molecule has 0 spiro atoms. The molecule has 27 heavy (non-hydrogen) atoms. The summed E-state index contributed by atoms with van der Waals surface area (Å²) in [5, 5.41) is 2.95. The Kier molecular flexibility index (Phi) is 6.47. The molecular weight excluding hydrogens is 336 g/mol. The average molecular weight is 360 g/mol. The van der Waals surface area contributed by atoms with Crippen molar-refractivity contribution in [2.75, 3.05) is 11.9 Å². The number of amides is 2. The number of anilines is 1. The van der Waals surface area contributed by atoms with Crippen LogP contribution < -0.4 is 10.1 Å². The van der Waals surface area contributed by atoms with E-state index in [1.54, 1.807) is 4.90 Å². The molecule has 1 N–H and O–H groups in total. The van der Waals surface area contributed by atoms with Crippen LogP contribution in [0.25, 0.3) is 0 Å². The highest BCUT2D eigenvalue weighted by Gasteiger charge is 2.12. The van der Waals surface area contributed by atoms with Gasteiger partial charge in [0.05, 0.1) is 0 Å². The molecule has 0 saturated carbocycles. The number of urea groups is 1. The number of carbonyl (C=O) groups excluding carboxylic acids is 1. The molecule has 0 bridgehead atoms. The molecule has 3 aromatic rings. The molecule has 2 amide bonds. The minimum Gasteiger partial charge on any atom is -0.489 e. The third-order valence-corrected chi connectivity index (χ3v) is 4.24. The zero-order valence-electron chi connectivity index (χ0n) is 15.5. The molecule has 0 saturated heterocycles. The quantitative estimate of drug-likeness (QED) is 0.619. The van der Waals surface area contributed by atoms with E-state index >= 15 is 0 Å². The van der Waals surface area contributed by atoms with E-state index in [-0.39, 0.29) is 6.03 Å². The second-order valence-corrected chi connectivity index (χ2v) is 6.23. The second-order valence-electron chi connectivity index (χ2n) is 6.23. The fourth-order valence-electron chi connectivity index (χ4n) is 2.71. The summed E-state index contributed by atoms with van der Waals surface area (Å²) in [6.07, 6.45) is 0. The van der Waals surface area contributed by atoms with Crippen LogP contribution in [0.2, 0.25) is 0 Å². The van der Waals surface area contributed by atoms with Gasteiger partial charge >= 0.3 is 6.03 Å². The summed E-state index contributed by atoms with van der Waals surface area (Å²) in [7, 11) is 0. The molecule has 0 heterocycles. The molecule has 4 nitrogen and oxygen atoms in total. The fourth-order valence-corrected chi connectivity index (χ4v) is 2.71. The Balaban J connectivity index is 1.54. The number of ether oxygens (including phenoxy) is 1. The highest BCUT2D eigenvalue weighted by Crippen LogP contribution is 2.18. The summed E-state index contributed by atoms with van der Waals surface area (Å²) in [5.41, 5.74) is 2.98. The van der Waals surface area contributed by atoms with Gasteiger partial charge in [-0.25, -0.2) is 4.79 Å². The van der Waals surface area contributed by atoms with Crippen LogP contribution in [-0.4, -0.2) is 17.5 Å². The molecule has 0 atom stereocenters. The number of benzene rings is 3. The van der Waals surface area contributed by atoms with Crippen LogP contribution in [0.5, 0.6) is 5.75 Å². The first-order valence-electron chi connectivity index (χ1n) is 9.11. The predicted molar refractivity (Wildman–Crippen MR) is 109 cm³/mol. The topological polar surface area (TPSA) is 41.6 Å². The van der Waals surface area contributed by atoms with Gasteiger partial charge in [0.15, 0.2) is 0 Å². The Labute approximate surface area is 160 Å². The van der Waals surface area contributed by atoms with Crippen LogP contribution in [0, 0.1) is 0 Å². The summed E-state index contributed by atoms with van der Waals surface area (Å²) in [6, 6.07) is 27.3. The van der Waals surface area contributed by atoms with Crippen molar-refractivity contribution in [1.82, 2.24) is 4.90 Å². The number of nitrogens with one attached hydrogen (secondary N) is 1. The summed E-state index contributed by atoms with van der Waals surface area (Å²) in [4.78, 5) is 14.3. The molecule has 0 aliphatic rings. The van der Waals surface area contributed by atoms with Crippen LogP contribution in [0.1, 0.15) is 18.1 Å². The van der Waals surface area contributed by atoms with E-state index in [1.807, 2.05) is 91.9 Å². The first-order chi connectivity index (χ1) is 13.2. The van der Waals surface area contributed by atoms with Crippen molar-refractivity contribution in [3.63, 3.8) is 0 Å². The van der Waals surface area contributed by atoms with E-state index in [4.69, 9.17) is 4.74 Å². The third kappa shape index (κ3) is 5.61. The third-order valence-electron chi connectivity index (χ3n) is 4.24. The lowest BCUT2D eigenvalue weighted by Gasteiger charge is -2.21. The molecule has 4 heteroatoms. The van der Waals surface area contributed by atoms with Crippen molar-refractivity contribution in [2.45, 2.75) is 20.1 Å². The van der Waals surface area contributed by atoms with Crippen LogP contribution in [0.4, 0.5) is 10.5 Å². The molecule has 0 unspecified atom stereocenters. The summed E-state index contributed by atoms with van der Waals surface area (Å²) < 4.78 is 5.78. The van der Waals surface area contributed by atoms with Gasteiger partial charge in [0.1, 0.15) is 12.4 Å². The molecular formula is C23H24N2O2. The highest BCUT2D eigenvalue weighted by atomic mass is 16.5.